The molecule has 0 aliphatic rings. The van der Waals surface area contributed by atoms with Gasteiger partial charge in [-0.05, 0) is 31.0 Å². The summed E-state index contributed by atoms with van der Waals surface area (Å²) in [5.74, 6) is 0.962. The van der Waals surface area contributed by atoms with Crippen molar-refractivity contribution in [2.45, 2.75) is 30.7 Å². The quantitative estimate of drug-likeness (QED) is 0.619. The number of nitrogens with zero attached hydrogens (tertiary/aromatic N) is 3. The number of nitrogens with one attached hydrogen (secondary N) is 2. The molecule has 6 nitrogen and oxygen atoms in total. The molecule has 0 spiro atoms. The molecule has 0 radical (unpaired) electrons. The van der Waals surface area contributed by atoms with E-state index in [1.807, 2.05) is 12.1 Å². The highest BCUT2D eigenvalue weighted by Crippen LogP contribution is 2.24. The Morgan fingerprint density at radius 2 is 2.04 bits per heavy atom. The molecule has 0 fully saturated rings. The standard InChI is InChI=1S/C18H18ClN5OS/c1-3-12-4-6-13(7-5-12)16-22-18(24-23-16)26-11(2)17(25)21-15-9-8-14(19)10-20-15/h4-11H,3H2,1-2H3,(H,20,21,25)(H,22,23,24). The van der Waals surface area contributed by atoms with Gasteiger partial charge in [0.15, 0.2) is 5.82 Å². The Kier molecular flexibility index (Phi) is 5.90. The van der Waals surface area contributed by atoms with Gasteiger partial charge in [0, 0.05) is 11.8 Å². The molecule has 0 aliphatic carbocycles. The summed E-state index contributed by atoms with van der Waals surface area (Å²) in [5.41, 5.74) is 2.23. The van der Waals surface area contributed by atoms with E-state index < -0.39 is 0 Å². The summed E-state index contributed by atoms with van der Waals surface area (Å²) in [6, 6.07) is 11.5. The zero-order chi connectivity index (χ0) is 18.5. The average Bonchev–Trinajstić information content (AvgIpc) is 3.12. The summed E-state index contributed by atoms with van der Waals surface area (Å²) in [6.07, 6.45) is 2.48. The van der Waals surface area contributed by atoms with Crippen molar-refractivity contribution >= 4 is 35.1 Å². The first-order valence-corrected chi connectivity index (χ1v) is 9.41. The third-order valence-corrected chi connectivity index (χ3v) is 4.92. The van der Waals surface area contributed by atoms with Crippen molar-refractivity contribution < 1.29 is 4.79 Å². The van der Waals surface area contributed by atoms with Gasteiger partial charge in [-0.25, -0.2) is 9.97 Å². The number of H-pyrrole nitrogens is 1. The summed E-state index contributed by atoms with van der Waals surface area (Å²) >= 11 is 7.07. The summed E-state index contributed by atoms with van der Waals surface area (Å²) in [6.45, 7) is 3.91. The SMILES string of the molecule is CCc1ccc(-c2nc(SC(C)C(=O)Nc3ccc(Cl)cn3)n[nH]2)cc1. The van der Waals surface area contributed by atoms with E-state index in [9.17, 15) is 4.79 Å². The van der Waals surface area contributed by atoms with Crippen molar-refractivity contribution in [1.29, 1.82) is 0 Å². The second-order valence-corrected chi connectivity index (χ2v) is 7.37. The van der Waals surface area contributed by atoms with Gasteiger partial charge in [-0.2, -0.15) is 0 Å². The van der Waals surface area contributed by atoms with Crippen LogP contribution in [-0.4, -0.2) is 31.3 Å². The van der Waals surface area contributed by atoms with E-state index in [0.29, 0.717) is 21.8 Å². The molecule has 0 aliphatic heterocycles. The zero-order valence-corrected chi connectivity index (χ0v) is 15.9. The molecule has 0 saturated heterocycles. The lowest BCUT2D eigenvalue weighted by Crippen LogP contribution is -2.23. The highest BCUT2D eigenvalue weighted by atomic mass is 35.5. The van der Waals surface area contributed by atoms with Gasteiger partial charge < -0.3 is 5.32 Å². The molecule has 2 heterocycles. The van der Waals surface area contributed by atoms with Gasteiger partial charge in [0.2, 0.25) is 11.1 Å². The number of carbonyl (C=O) groups is 1. The Balaban J connectivity index is 1.62. The van der Waals surface area contributed by atoms with Crippen molar-refractivity contribution in [2.24, 2.45) is 0 Å². The first-order valence-electron chi connectivity index (χ1n) is 8.16. The minimum atomic E-state index is -0.376. The maximum Gasteiger partial charge on any atom is 0.238 e. The van der Waals surface area contributed by atoms with E-state index in [1.54, 1.807) is 19.1 Å². The Hall–Kier alpha value is -2.38. The molecule has 1 amide bonds. The largest absolute Gasteiger partial charge is 0.310 e. The Morgan fingerprint density at radius 3 is 2.69 bits per heavy atom. The molecule has 0 saturated carbocycles. The number of amides is 1. The zero-order valence-electron chi connectivity index (χ0n) is 14.4. The van der Waals surface area contributed by atoms with Crippen LogP contribution in [-0.2, 0) is 11.2 Å². The van der Waals surface area contributed by atoms with E-state index in [2.05, 4.69) is 44.5 Å². The maximum absolute atomic E-state index is 12.3. The molecule has 3 rings (SSSR count). The Morgan fingerprint density at radius 1 is 1.27 bits per heavy atom. The first kappa shape index (κ1) is 18.4. The number of aromatic nitrogens is 4. The molecule has 1 atom stereocenters. The number of rotatable bonds is 6. The van der Waals surface area contributed by atoms with E-state index >= 15 is 0 Å². The van der Waals surface area contributed by atoms with Crippen LogP contribution in [0, 0.1) is 0 Å². The van der Waals surface area contributed by atoms with Crippen molar-refractivity contribution in [3.63, 3.8) is 0 Å². The van der Waals surface area contributed by atoms with Gasteiger partial charge in [0.25, 0.3) is 0 Å². The Labute approximate surface area is 160 Å². The lowest BCUT2D eigenvalue weighted by molar-refractivity contribution is -0.115. The first-order chi connectivity index (χ1) is 12.5. The van der Waals surface area contributed by atoms with Gasteiger partial charge in [0.1, 0.15) is 5.82 Å². The van der Waals surface area contributed by atoms with Crippen LogP contribution < -0.4 is 5.32 Å². The number of pyridine rings is 1. The van der Waals surface area contributed by atoms with Crippen molar-refractivity contribution in [3.8, 4) is 11.4 Å². The highest BCUT2D eigenvalue weighted by Gasteiger charge is 2.18. The predicted octanol–water partition coefficient (Wildman–Crippen LogP) is 4.20. The van der Waals surface area contributed by atoms with Crippen LogP contribution in [0.1, 0.15) is 19.4 Å². The van der Waals surface area contributed by atoms with Crippen LogP contribution in [0.15, 0.2) is 47.8 Å². The van der Waals surface area contributed by atoms with Crippen LogP contribution in [0.5, 0.6) is 0 Å². The molecule has 0 bridgehead atoms. The maximum atomic E-state index is 12.3. The van der Waals surface area contributed by atoms with E-state index in [4.69, 9.17) is 11.6 Å². The van der Waals surface area contributed by atoms with Crippen LogP contribution >= 0.6 is 23.4 Å². The normalized spacial score (nSPS) is 12.0. The van der Waals surface area contributed by atoms with Crippen LogP contribution in [0.3, 0.4) is 0 Å². The fourth-order valence-electron chi connectivity index (χ4n) is 2.22. The van der Waals surface area contributed by atoms with E-state index in [0.717, 1.165) is 12.0 Å². The number of anilines is 1. The second-order valence-electron chi connectivity index (χ2n) is 5.63. The predicted molar refractivity (Wildman–Crippen MR) is 104 cm³/mol. The Bertz CT molecular complexity index is 879. The third kappa shape index (κ3) is 4.62. The lowest BCUT2D eigenvalue weighted by atomic mass is 10.1. The molecule has 3 aromatic rings. The molecule has 2 N–H and O–H groups in total. The molecule has 26 heavy (non-hydrogen) atoms. The molecular weight excluding hydrogens is 370 g/mol. The fourth-order valence-corrected chi connectivity index (χ4v) is 3.05. The number of halogens is 1. The fraction of sp³-hybridized carbons (Fsp3) is 0.222. The van der Waals surface area contributed by atoms with Crippen LogP contribution in [0.2, 0.25) is 5.02 Å². The van der Waals surface area contributed by atoms with Crippen molar-refractivity contribution in [3.05, 3.63) is 53.2 Å². The number of benzene rings is 1. The molecule has 1 unspecified atom stereocenters. The molecule has 8 heteroatoms. The monoisotopic (exact) mass is 387 g/mol. The minimum absolute atomic E-state index is 0.177. The number of aromatic amines is 1. The van der Waals surface area contributed by atoms with Gasteiger partial charge >= 0.3 is 0 Å². The molecule has 2 aromatic heterocycles. The third-order valence-electron chi connectivity index (χ3n) is 3.73. The number of hydrogen-bond acceptors (Lipinski definition) is 5. The molecule has 1 aromatic carbocycles. The lowest BCUT2D eigenvalue weighted by Gasteiger charge is -2.09. The average molecular weight is 388 g/mol. The minimum Gasteiger partial charge on any atom is -0.310 e. The van der Waals surface area contributed by atoms with Gasteiger partial charge in [0.05, 0.1) is 10.3 Å². The molecular formula is C18H18ClN5OS. The number of carbonyl (C=O) groups excluding carboxylic acids is 1. The number of thioether (sulfide) groups is 1. The topological polar surface area (TPSA) is 83.6 Å². The summed E-state index contributed by atoms with van der Waals surface area (Å²) in [5, 5.41) is 10.5. The van der Waals surface area contributed by atoms with Crippen LogP contribution in [0.25, 0.3) is 11.4 Å². The van der Waals surface area contributed by atoms with Gasteiger partial charge in [-0.15, -0.1) is 5.10 Å². The number of aryl methyl sites for hydroxylation is 1. The smallest absolute Gasteiger partial charge is 0.238 e. The van der Waals surface area contributed by atoms with Gasteiger partial charge in [-0.3, -0.25) is 9.89 Å². The van der Waals surface area contributed by atoms with E-state index in [1.165, 1.54) is 23.5 Å². The highest BCUT2D eigenvalue weighted by molar-refractivity contribution is 8.00. The van der Waals surface area contributed by atoms with Crippen molar-refractivity contribution in [2.75, 3.05) is 5.32 Å². The number of hydrogen-bond donors (Lipinski definition) is 2. The van der Waals surface area contributed by atoms with Gasteiger partial charge in [-0.1, -0.05) is 54.6 Å². The summed E-state index contributed by atoms with van der Waals surface area (Å²) in [7, 11) is 0. The van der Waals surface area contributed by atoms with E-state index in [-0.39, 0.29) is 11.2 Å². The van der Waals surface area contributed by atoms with Crippen LogP contribution in [0.4, 0.5) is 5.82 Å². The summed E-state index contributed by atoms with van der Waals surface area (Å²) < 4.78 is 0. The second kappa shape index (κ2) is 8.33. The summed E-state index contributed by atoms with van der Waals surface area (Å²) in [4.78, 5) is 20.8. The van der Waals surface area contributed by atoms with Crippen molar-refractivity contribution in [1.82, 2.24) is 20.2 Å². The molecule has 134 valence electrons.